The van der Waals surface area contributed by atoms with Crippen LogP contribution in [-0.2, 0) is 10.2 Å². The van der Waals surface area contributed by atoms with Gasteiger partial charge in [0.25, 0.3) is 0 Å². The maximum Gasteiger partial charge on any atom is 0.331 e. The zero-order valence-corrected chi connectivity index (χ0v) is 17.5. The van der Waals surface area contributed by atoms with E-state index in [1.54, 1.807) is 24.3 Å². The van der Waals surface area contributed by atoms with Gasteiger partial charge in [-0.1, -0.05) is 31.0 Å². The second kappa shape index (κ2) is 8.85. The van der Waals surface area contributed by atoms with Crippen LogP contribution in [0, 0.1) is 11.6 Å². The van der Waals surface area contributed by atoms with Crippen LogP contribution in [0.3, 0.4) is 0 Å². The van der Waals surface area contributed by atoms with Crippen LogP contribution < -0.4 is 13.9 Å². The van der Waals surface area contributed by atoms with Gasteiger partial charge in [0.05, 0.1) is 11.4 Å². The smallest absolute Gasteiger partial charge is 0.314 e. The summed E-state index contributed by atoms with van der Waals surface area (Å²) < 4.78 is 57.2. The van der Waals surface area contributed by atoms with Crippen LogP contribution in [0.15, 0.2) is 42.5 Å². The van der Waals surface area contributed by atoms with Crippen LogP contribution in [0.1, 0.15) is 32.1 Å². The summed E-state index contributed by atoms with van der Waals surface area (Å²) in [6.45, 7) is 0.943. The second-order valence-corrected chi connectivity index (χ2v) is 8.89. The molecular formula is C20H24ClF2N3O2S. The minimum atomic E-state index is -4.13. The summed E-state index contributed by atoms with van der Waals surface area (Å²) in [6.07, 6.45) is 5.39. The topological polar surface area (TPSA) is 52.7 Å². The summed E-state index contributed by atoms with van der Waals surface area (Å²) in [5, 5.41) is 3.46. The molecule has 0 unspecified atom stereocenters. The highest BCUT2D eigenvalue weighted by Crippen LogP contribution is 2.46. The van der Waals surface area contributed by atoms with Crippen molar-refractivity contribution in [1.29, 1.82) is 0 Å². The van der Waals surface area contributed by atoms with Crippen molar-refractivity contribution in [3.05, 3.63) is 54.1 Å². The van der Waals surface area contributed by atoms with Crippen molar-refractivity contribution in [1.82, 2.24) is 5.32 Å². The van der Waals surface area contributed by atoms with E-state index in [2.05, 4.69) is 5.32 Å². The van der Waals surface area contributed by atoms with Gasteiger partial charge in [-0.15, -0.1) is 12.4 Å². The van der Waals surface area contributed by atoms with Gasteiger partial charge in [-0.25, -0.2) is 13.1 Å². The molecule has 0 spiro atoms. The molecular weight excluding hydrogens is 420 g/mol. The first-order chi connectivity index (χ1) is 13.5. The molecule has 29 heavy (non-hydrogen) atoms. The number of hydrogen-bond acceptors (Lipinski definition) is 3. The molecule has 5 nitrogen and oxygen atoms in total. The van der Waals surface area contributed by atoms with E-state index in [0.29, 0.717) is 24.7 Å². The highest BCUT2D eigenvalue weighted by molar-refractivity contribution is 7.95. The van der Waals surface area contributed by atoms with Crippen LogP contribution in [0.25, 0.3) is 0 Å². The van der Waals surface area contributed by atoms with E-state index in [1.165, 1.54) is 23.2 Å². The average Bonchev–Trinajstić information content (AvgIpc) is 3.25. The molecule has 0 saturated heterocycles. The maximum absolute atomic E-state index is 14.4. The summed E-state index contributed by atoms with van der Waals surface area (Å²) in [7, 11) is -4.13. The highest BCUT2D eigenvalue weighted by Gasteiger charge is 2.43. The average molecular weight is 444 g/mol. The number of hydrogen-bond donors (Lipinski definition) is 1. The zero-order chi connectivity index (χ0) is 19.7. The Labute approximate surface area is 176 Å². The number of para-hydroxylation sites is 3. The SMILES string of the molecule is Cl.O=S1(=O)N(CCCNC2CCCC2)c2ccccc2N1c1c(F)cccc1F. The van der Waals surface area contributed by atoms with Gasteiger partial charge in [0, 0.05) is 12.6 Å². The monoisotopic (exact) mass is 443 g/mol. The lowest BCUT2D eigenvalue weighted by atomic mass is 10.2. The van der Waals surface area contributed by atoms with Gasteiger partial charge < -0.3 is 5.32 Å². The van der Waals surface area contributed by atoms with Crippen molar-refractivity contribution in [2.75, 3.05) is 21.7 Å². The molecule has 158 valence electrons. The lowest BCUT2D eigenvalue weighted by molar-refractivity contribution is 0.516. The Morgan fingerprint density at radius 2 is 1.59 bits per heavy atom. The Bertz CT molecular complexity index is 948. The fourth-order valence-corrected chi connectivity index (χ4v) is 5.78. The molecule has 1 heterocycles. The normalized spacial score (nSPS) is 18.0. The molecule has 1 saturated carbocycles. The Morgan fingerprint density at radius 1 is 0.966 bits per heavy atom. The van der Waals surface area contributed by atoms with Crippen molar-refractivity contribution in [3.63, 3.8) is 0 Å². The van der Waals surface area contributed by atoms with Gasteiger partial charge in [0.15, 0.2) is 11.6 Å². The number of halogens is 3. The second-order valence-electron chi connectivity index (χ2n) is 7.19. The van der Waals surface area contributed by atoms with Crippen molar-refractivity contribution in [2.24, 2.45) is 0 Å². The Balaban J connectivity index is 0.00000240. The van der Waals surface area contributed by atoms with Gasteiger partial charge in [-0.3, -0.25) is 4.31 Å². The summed E-state index contributed by atoms with van der Waals surface area (Å²) in [4.78, 5) is 0. The summed E-state index contributed by atoms with van der Waals surface area (Å²) in [5.41, 5.74) is 0.128. The predicted octanol–water partition coefficient (Wildman–Crippen LogP) is 4.51. The third-order valence-electron chi connectivity index (χ3n) is 5.35. The molecule has 2 aromatic carbocycles. The molecule has 1 aliphatic carbocycles. The lowest BCUT2D eigenvalue weighted by Gasteiger charge is -2.22. The highest BCUT2D eigenvalue weighted by atomic mass is 35.5. The first-order valence-electron chi connectivity index (χ1n) is 9.59. The van der Waals surface area contributed by atoms with E-state index in [1.807, 2.05) is 0 Å². The number of anilines is 3. The van der Waals surface area contributed by atoms with E-state index in [0.717, 1.165) is 29.3 Å². The number of fused-ring (bicyclic) bond motifs is 1. The zero-order valence-electron chi connectivity index (χ0n) is 15.9. The first kappa shape index (κ1) is 21.8. The van der Waals surface area contributed by atoms with Crippen LogP contribution >= 0.6 is 12.4 Å². The molecule has 0 aromatic heterocycles. The molecule has 1 aliphatic heterocycles. The van der Waals surface area contributed by atoms with Gasteiger partial charge >= 0.3 is 10.2 Å². The van der Waals surface area contributed by atoms with Gasteiger partial charge in [0.2, 0.25) is 0 Å². The molecule has 2 aromatic rings. The Morgan fingerprint density at radius 3 is 2.24 bits per heavy atom. The molecule has 0 atom stereocenters. The molecule has 1 fully saturated rings. The summed E-state index contributed by atoms with van der Waals surface area (Å²) in [5.74, 6) is -1.83. The number of rotatable bonds is 6. The maximum atomic E-state index is 14.4. The molecule has 2 aliphatic rings. The molecule has 0 amide bonds. The Hall–Kier alpha value is -1.90. The Kier molecular flexibility index (Phi) is 6.65. The van der Waals surface area contributed by atoms with E-state index in [-0.39, 0.29) is 24.6 Å². The van der Waals surface area contributed by atoms with E-state index < -0.39 is 27.5 Å². The van der Waals surface area contributed by atoms with Crippen molar-refractivity contribution in [3.8, 4) is 0 Å². The quantitative estimate of drug-likeness (QED) is 0.668. The van der Waals surface area contributed by atoms with Crippen molar-refractivity contribution in [2.45, 2.75) is 38.1 Å². The molecule has 9 heteroatoms. The summed E-state index contributed by atoms with van der Waals surface area (Å²) >= 11 is 0. The van der Waals surface area contributed by atoms with E-state index >= 15 is 0 Å². The fraction of sp³-hybridized carbons (Fsp3) is 0.400. The first-order valence-corrected chi connectivity index (χ1v) is 11.0. The van der Waals surface area contributed by atoms with Gasteiger partial charge in [-0.2, -0.15) is 8.42 Å². The number of nitrogens with zero attached hydrogens (tertiary/aromatic N) is 2. The largest absolute Gasteiger partial charge is 0.331 e. The van der Waals surface area contributed by atoms with Crippen LogP contribution in [0.4, 0.5) is 25.8 Å². The van der Waals surface area contributed by atoms with Gasteiger partial charge in [-0.05, 0) is 50.1 Å². The standard InChI is InChI=1S/C20H23F2N3O2S.ClH/c21-16-9-5-10-17(22)20(16)25-19-12-4-3-11-18(19)24(28(25,26)27)14-6-13-23-15-7-1-2-8-15;/h3-5,9-12,15,23H,1-2,6-8,13-14H2;1H. The van der Waals surface area contributed by atoms with Crippen LogP contribution in [-0.4, -0.2) is 27.5 Å². The third kappa shape index (κ3) is 4.06. The van der Waals surface area contributed by atoms with Crippen molar-refractivity contribution < 1.29 is 17.2 Å². The predicted molar refractivity (Wildman–Crippen MR) is 113 cm³/mol. The summed E-state index contributed by atoms with van der Waals surface area (Å²) in [6, 6.07) is 10.5. The van der Waals surface area contributed by atoms with Crippen LogP contribution in [0.2, 0.25) is 0 Å². The fourth-order valence-electron chi connectivity index (χ4n) is 4.01. The number of benzene rings is 2. The van der Waals surface area contributed by atoms with Crippen LogP contribution in [0.5, 0.6) is 0 Å². The molecule has 4 rings (SSSR count). The minimum absolute atomic E-state index is 0. The van der Waals surface area contributed by atoms with E-state index in [4.69, 9.17) is 0 Å². The minimum Gasteiger partial charge on any atom is -0.314 e. The molecule has 0 bridgehead atoms. The van der Waals surface area contributed by atoms with Crippen molar-refractivity contribution >= 4 is 39.7 Å². The number of nitrogens with one attached hydrogen (secondary N) is 1. The molecule has 1 N–H and O–H groups in total. The van der Waals surface area contributed by atoms with E-state index in [9.17, 15) is 17.2 Å². The molecule has 0 radical (unpaired) electrons. The third-order valence-corrected chi connectivity index (χ3v) is 7.12. The lowest BCUT2D eigenvalue weighted by Crippen LogP contribution is -2.38. The van der Waals surface area contributed by atoms with Gasteiger partial charge in [0.1, 0.15) is 5.69 Å².